The van der Waals surface area contributed by atoms with Gasteiger partial charge in [-0.25, -0.2) is 19.7 Å². The molecule has 0 radical (unpaired) electrons. The Morgan fingerprint density at radius 3 is 2.34 bits per heavy atom. The molecule has 2 amide bonds. The molecule has 3 heterocycles. The predicted molar refractivity (Wildman–Crippen MR) is 103 cm³/mol. The number of hydrogen-bond donors (Lipinski definition) is 0. The highest BCUT2D eigenvalue weighted by atomic mass is 19.4. The molecule has 0 aromatic carbocycles. The molecule has 1 aliphatic heterocycles. The number of aromatic nitrogens is 3. The predicted octanol–water partition coefficient (Wildman–Crippen LogP) is 3.29. The third kappa shape index (κ3) is 4.83. The van der Waals surface area contributed by atoms with Gasteiger partial charge in [-0.15, -0.1) is 0 Å². The summed E-state index contributed by atoms with van der Waals surface area (Å²) in [4.78, 5) is 40.5. The van der Waals surface area contributed by atoms with Crippen LogP contribution >= 0.6 is 0 Å². The second-order valence-corrected chi connectivity index (χ2v) is 7.88. The Bertz CT molecular complexity index is 939. The molecular weight excluding hydrogens is 431 g/mol. The number of alkyl halides is 3. The highest BCUT2D eigenvalue weighted by molar-refractivity contribution is 5.92. The molecule has 1 saturated heterocycles. The van der Waals surface area contributed by atoms with Crippen LogP contribution < -0.4 is 0 Å². The number of nitrogens with zero attached hydrogens (tertiary/aromatic N) is 5. The Kier molecular flexibility index (Phi) is 6.02. The van der Waals surface area contributed by atoms with Gasteiger partial charge >= 0.3 is 12.3 Å². The topological polar surface area (TPSA) is 102 Å². The largest absolute Gasteiger partial charge is 0.442 e. The number of likely N-dealkylation sites (tertiary alicyclic amines) is 1. The normalized spacial score (nSPS) is 18.3. The number of rotatable bonds is 5. The maximum absolute atomic E-state index is 13.2. The van der Waals surface area contributed by atoms with Gasteiger partial charge in [0.05, 0.1) is 18.6 Å². The van der Waals surface area contributed by atoms with Crippen LogP contribution in [0.2, 0.25) is 0 Å². The van der Waals surface area contributed by atoms with Crippen molar-refractivity contribution in [3.8, 4) is 11.5 Å². The summed E-state index contributed by atoms with van der Waals surface area (Å²) in [6.45, 7) is 1.22. The van der Waals surface area contributed by atoms with Crippen molar-refractivity contribution in [1.29, 1.82) is 0 Å². The monoisotopic (exact) mass is 453 g/mol. The van der Waals surface area contributed by atoms with Crippen LogP contribution in [-0.2, 0) is 4.74 Å². The zero-order valence-corrected chi connectivity index (χ0v) is 17.3. The molecule has 0 bridgehead atoms. The summed E-state index contributed by atoms with van der Waals surface area (Å²) in [5.74, 6) is 0.186. The standard InChI is InChI=1S/C20H22F3N5O4/c1-12(20(21,22)23)32-19(30)27-6-4-14(5-7-27)28(13-2-3-13)18(29)16-9-25-15(8-26-16)17-10-24-11-31-17/h8-14H,2-7H2,1H3/t12-/m0/s1. The molecule has 1 atom stereocenters. The Labute approximate surface area is 181 Å². The molecule has 32 heavy (non-hydrogen) atoms. The molecule has 2 fully saturated rings. The summed E-state index contributed by atoms with van der Waals surface area (Å²) in [5.41, 5.74) is 0.651. The average Bonchev–Trinajstić information content (AvgIpc) is 3.45. The van der Waals surface area contributed by atoms with E-state index in [-0.39, 0.29) is 36.8 Å². The van der Waals surface area contributed by atoms with Gasteiger partial charge < -0.3 is 19.0 Å². The lowest BCUT2D eigenvalue weighted by molar-refractivity contribution is -0.199. The second kappa shape index (κ2) is 8.75. The molecule has 1 aliphatic carbocycles. The highest BCUT2D eigenvalue weighted by Crippen LogP contribution is 2.33. The summed E-state index contributed by atoms with van der Waals surface area (Å²) >= 11 is 0. The van der Waals surface area contributed by atoms with E-state index >= 15 is 0 Å². The van der Waals surface area contributed by atoms with E-state index in [1.165, 1.54) is 29.9 Å². The third-order valence-electron chi connectivity index (χ3n) is 5.59. The van der Waals surface area contributed by atoms with E-state index in [0.717, 1.165) is 19.8 Å². The Morgan fingerprint density at radius 2 is 1.81 bits per heavy atom. The van der Waals surface area contributed by atoms with Crippen LogP contribution in [0, 0.1) is 0 Å². The van der Waals surface area contributed by atoms with Crippen molar-refractivity contribution in [2.75, 3.05) is 13.1 Å². The number of piperidine rings is 1. The lowest BCUT2D eigenvalue weighted by Crippen LogP contribution is -2.50. The number of amides is 2. The second-order valence-electron chi connectivity index (χ2n) is 7.88. The molecule has 0 N–H and O–H groups in total. The molecule has 12 heteroatoms. The van der Waals surface area contributed by atoms with Gasteiger partial charge in [0.2, 0.25) is 0 Å². The van der Waals surface area contributed by atoms with Crippen LogP contribution in [0.1, 0.15) is 43.1 Å². The first-order valence-electron chi connectivity index (χ1n) is 10.3. The van der Waals surface area contributed by atoms with Gasteiger partial charge in [-0.2, -0.15) is 13.2 Å². The SMILES string of the molecule is C[C@H](OC(=O)N1CCC(N(C(=O)c2cnc(-c3cnco3)cn2)C2CC2)CC1)C(F)(F)F. The number of oxazole rings is 1. The van der Waals surface area contributed by atoms with Crippen molar-refractivity contribution in [2.24, 2.45) is 0 Å². The first-order chi connectivity index (χ1) is 15.2. The fourth-order valence-electron chi connectivity index (χ4n) is 3.64. The molecule has 9 nitrogen and oxygen atoms in total. The van der Waals surface area contributed by atoms with E-state index in [1.54, 1.807) is 4.90 Å². The van der Waals surface area contributed by atoms with Gasteiger partial charge in [-0.3, -0.25) is 4.79 Å². The zero-order valence-electron chi connectivity index (χ0n) is 17.3. The molecule has 2 aromatic heterocycles. The van der Waals surface area contributed by atoms with Crippen LogP contribution in [-0.4, -0.2) is 74.2 Å². The van der Waals surface area contributed by atoms with Gasteiger partial charge in [0.15, 0.2) is 18.3 Å². The highest BCUT2D eigenvalue weighted by Gasteiger charge is 2.42. The first-order valence-corrected chi connectivity index (χ1v) is 10.3. The quantitative estimate of drug-likeness (QED) is 0.685. The smallest absolute Gasteiger partial charge is 0.425 e. The Morgan fingerprint density at radius 1 is 1.12 bits per heavy atom. The van der Waals surface area contributed by atoms with E-state index in [4.69, 9.17) is 4.42 Å². The fourth-order valence-corrected chi connectivity index (χ4v) is 3.64. The first kappa shape index (κ1) is 22.0. The lowest BCUT2D eigenvalue weighted by Gasteiger charge is -2.38. The third-order valence-corrected chi connectivity index (χ3v) is 5.59. The molecule has 0 spiro atoms. The van der Waals surface area contributed by atoms with Crippen molar-refractivity contribution in [2.45, 2.75) is 57.0 Å². The van der Waals surface area contributed by atoms with Crippen molar-refractivity contribution >= 4 is 12.0 Å². The van der Waals surface area contributed by atoms with Crippen LogP contribution in [0.15, 0.2) is 29.4 Å². The molecule has 4 rings (SSSR count). The van der Waals surface area contributed by atoms with Crippen LogP contribution in [0.3, 0.4) is 0 Å². The number of halogens is 3. The van der Waals surface area contributed by atoms with Crippen LogP contribution in [0.25, 0.3) is 11.5 Å². The molecule has 1 saturated carbocycles. The molecule has 2 aliphatic rings. The van der Waals surface area contributed by atoms with Crippen LogP contribution in [0.4, 0.5) is 18.0 Å². The Hall–Kier alpha value is -3.18. The minimum Gasteiger partial charge on any atom is -0.442 e. The Balaban J connectivity index is 1.38. The van der Waals surface area contributed by atoms with E-state index in [9.17, 15) is 22.8 Å². The molecule has 2 aromatic rings. The number of ether oxygens (including phenoxy) is 1. The van der Waals surface area contributed by atoms with Crippen molar-refractivity contribution < 1.29 is 31.9 Å². The maximum atomic E-state index is 13.2. The zero-order chi connectivity index (χ0) is 22.9. The summed E-state index contributed by atoms with van der Waals surface area (Å²) in [5, 5.41) is 0. The van der Waals surface area contributed by atoms with E-state index < -0.39 is 18.4 Å². The van der Waals surface area contributed by atoms with Gasteiger partial charge in [-0.1, -0.05) is 0 Å². The van der Waals surface area contributed by atoms with Gasteiger partial charge in [0.1, 0.15) is 11.4 Å². The van der Waals surface area contributed by atoms with Crippen molar-refractivity contribution in [3.63, 3.8) is 0 Å². The van der Waals surface area contributed by atoms with Gasteiger partial charge in [0, 0.05) is 25.2 Å². The van der Waals surface area contributed by atoms with Gasteiger partial charge in [0.25, 0.3) is 5.91 Å². The number of carbonyl (C=O) groups excluding carboxylic acids is 2. The van der Waals surface area contributed by atoms with Crippen molar-refractivity contribution in [3.05, 3.63) is 30.7 Å². The van der Waals surface area contributed by atoms with Gasteiger partial charge in [-0.05, 0) is 32.6 Å². The van der Waals surface area contributed by atoms with E-state index in [2.05, 4.69) is 19.7 Å². The lowest BCUT2D eigenvalue weighted by atomic mass is 10.0. The summed E-state index contributed by atoms with van der Waals surface area (Å²) in [6.07, 6.45) is 0.478. The molecular formula is C20H22F3N5O4. The summed E-state index contributed by atoms with van der Waals surface area (Å²) in [6, 6.07) is -0.0538. The maximum Gasteiger partial charge on any atom is 0.425 e. The fraction of sp³-hybridized carbons (Fsp3) is 0.550. The minimum atomic E-state index is -4.60. The molecule has 172 valence electrons. The molecule has 0 unspecified atom stereocenters. The van der Waals surface area contributed by atoms with Crippen molar-refractivity contribution in [1.82, 2.24) is 24.8 Å². The minimum absolute atomic E-state index is 0.0898. The van der Waals surface area contributed by atoms with E-state index in [1.807, 2.05) is 0 Å². The number of carbonyl (C=O) groups is 2. The average molecular weight is 453 g/mol. The van der Waals surface area contributed by atoms with E-state index in [0.29, 0.717) is 24.3 Å². The van der Waals surface area contributed by atoms with Crippen LogP contribution in [0.5, 0.6) is 0 Å². The summed E-state index contributed by atoms with van der Waals surface area (Å²) < 4.78 is 47.6. The number of hydrogen-bond acceptors (Lipinski definition) is 7. The summed E-state index contributed by atoms with van der Waals surface area (Å²) in [7, 11) is 0.